The van der Waals surface area contributed by atoms with Crippen LogP contribution in [0.25, 0.3) is 10.9 Å². The third kappa shape index (κ3) is 7.65. The van der Waals surface area contributed by atoms with E-state index in [0.29, 0.717) is 17.8 Å². The van der Waals surface area contributed by atoms with Gasteiger partial charge >= 0.3 is 12.1 Å². The number of aliphatic hydroxyl groups excluding tert-OH is 1. The Morgan fingerprint density at radius 2 is 1.88 bits per heavy atom. The van der Waals surface area contributed by atoms with E-state index in [9.17, 15) is 26.0 Å². The molecule has 12 nitrogen and oxygen atoms in total. The summed E-state index contributed by atoms with van der Waals surface area (Å²) in [5.41, 5.74) is 2.48. The van der Waals surface area contributed by atoms with Crippen LogP contribution in [-0.4, -0.2) is 70.6 Å². The minimum atomic E-state index is -5.08. The molecule has 0 aliphatic carbocycles. The molecule has 2 aromatic heterocycles. The summed E-state index contributed by atoms with van der Waals surface area (Å²) >= 11 is 0. The Balaban J connectivity index is 0.000000587. The van der Waals surface area contributed by atoms with Gasteiger partial charge < -0.3 is 20.4 Å². The molecule has 0 aliphatic rings. The Morgan fingerprint density at radius 3 is 2.51 bits per heavy atom. The van der Waals surface area contributed by atoms with E-state index in [-0.39, 0.29) is 29.8 Å². The largest absolute Gasteiger partial charge is 0.490 e. The number of aryl methyl sites for hydroxylation is 1. The Morgan fingerprint density at radius 1 is 1.17 bits per heavy atom. The molecule has 0 saturated heterocycles. The molecule has 0 radical (unpaired) electrons. The fourth-order valence-electron chi connectivity index (χ4n) is 3.58. The molecule has 2 aromatic carbocycles. The first-order valence-electron chi connectivity index (χ1n) is 11.8. The maximum absolute atomic E-state index is 14.8. The summed E-state index contributed by atoms with van der Waals surface area (Å²) in [5.74, 6) is -3.19. The number of benzene rings is 2. The SMILES string of the molecule is CCN(c1nc(Nc2ccc(C)c(S(=O)(=O)NCCO)c2)ncc1F)c1cccc2[nH]ncc12.O=C(O)C(F)(F)F. The number of sulfonamides is 1. The molecule has 0 aliphatic heterocycles. The van der Waals surface area contributed by atoms with Gasteiger partial charge in [0.25, 0.3) is 0 Å². The lowest BCUT2D eigenvalue weighted by Crippen LogP contribution is -2.27. The number of aliphatic hydroxyl groups is 1. The highest BCUT2D eigenvalue weighted by molar-refractivity contribution is 7.89. The maximum atomic E-state index is 14.8. The molecule has 0 saturated carbocycles. The highest BCUT2D eigenvalue weighted by Crippen LogP contribution is 2.32. The minimum absolute atomic E-state index is 0.0510. The van der Waals surface area contributed by atoms with Gasteiger partial charge in [-0.25, -0.2) is 27.3 Å². The van der Waals surface area contributed by atoms with Crippen molar-refractivity contribution < 1.29 is 41.0 Å². The Labute approximate surface area is 231 Å². The van der Waals surface area contributed by atoms with E-state index in [1.165, 1.54) is 6.07 Å². The number of carboxylic acid groups (broad SMARTS) is 1. The van der Waals surface area contributed by atoms with Crippen molar-refractivity contribution in [3.05, 3.63) is 60.2 Å². The Kier molecular flexibility index (Phi) is 9.79. The van der Waals surface area contributed by atoms with Crippen molar-refractivity contribution in [2.24, 2.45) is 0 Å². The third-order valence-corrected chi connectivity index (χ3v) is 7.03. The highest BCUT2D eigenvalue weighted by Gasteiger charge is 2.38. The number of H-pyrrole nitrogens is 1. The maximum Gasteiger partial charge on any atom is 0.490 e. The van der Waals surface area contributed by atoms with Crippen LogP contribution in [0.1, 0.15) is 12.5 Å². The monoisotopic (exact) mass is 599 g/mol. The summed E-state index contributed by atoms with van der Waals surface area (Å²) in [6, 6.07) is 10.3. The van der Waals surface area contributed by atoms with Crippen molar-refractivity contribution in [1.29, 1.82) is 0 Å². The number of aromatic nitrogens is 4. The molecular formula is C24H25F4N7O5S. The molecular weight excluding hydrogens is 574 g/mol. The first kappa shape index (κ1) is 31.2. The summed E-state index contributed by atoms with van der Waals surface area (Å²) in [7, 11) is -3.82. The number of anilines is 4. The second-order valence-corrected chi connectivity index (χ2v) is 9.98. The summed E-state index contributed by atoms with van der Waals surface area (Å²) in [5, 5.41) is 26.8. The number of alkyl halides is 3. The van der Waals surface area contributed by atoms with Crippen LogP contribution in [0, 0.1) is 12.7 Å². The van der Waals surface area contributed by atoms with Crippen LogP contribution in [0.2, 0.25) is 0 Å². The van der Waals surface area contributed by atoms with Crippen LogP contribution in [0.5, 0.6) is 0 Å². The number of rotatable bonds is 9. The minimum Gasteiger partial charge on any atom is -0.475 e. The van der Waals surface area contributed by atoms with Gasteiger partial charge in [-0.05, 0) is 43.7 Å². The van der Waals surface area contributed by atoms with E-state index in [1.807, 2.05) is 25.1 Å². The normalized spacial score (nSPS) is 11.6. The number of nitrogens with one attached hydrogen (secondary N) is 3. The second-order valence-electron chi connectivity index (χ2n) is 8.25. The van der Waals surface area contributed by atoms with Gasteiger partial charge in [0.1, 0.15) is 0 Å². The fourth-order valence-corrected chi connectivity index (χ4v) is 4.87. The third-order valence-electron chi connectivity index (χ3n) is 5.43. The van der Waals surface area contributed by atoms with Crippen molar-refractivity contribution in [3.63, 3.8) is 0 Å². The van der Waals surface area contributed by atoms with E-state index in [2.05, 4.69) is 30.2 Å². The van der Waals surface area contributed by atoms with Gasteiger partial charge in [0.05, 0.1) is 35.1 Å². The van der Waals surface area contributed by atoms with Crippen molar-refractivity contribution >= 4 is 50.0 Å². The molecule has 41 heavy (non-hydrogen) atoms. The van der Waals surface area contributed by atoms with Crippen molar-refractivity contribution in [1.82, 2.24) is 24.9 Å². The zero-order valence-electron chi connectivity index (χ0n) is 21.6. The molecule has 2 heterocycles. The molecule has 4 rings (SSSR count). The van der Waals surface area contributed by atoms with Gasteiger partial charge in [-0.2, -0.15) is 23.3 Å². The summed E-state index contributed by atoms with van der Waals surface area (Å²) in [6.45, 7) is 3.56. The van der Waals surface area contributed by atoms with Crippen molar-refractivity contribution in [2.45, 2.75) is 24.9 Å². The van der Waals surface area contributed by atoms with E-state index in [0.717, 1.165) is 22.8 Å². The van der Waals surface area contributed by atoms with E-state index >= 15 is 0 Å². The molecule has 220 valence electrons. The molecule has 0 spiro atoms. The van der Waals surface area contributed by atoms with Crippen molar-refractivity contribution in [2.75, 3.05) is 29.9 Å². The number of carboxylic acids is 1. The quantitative estimate of drug-likeness (QED) is 0.179. The summed E-state index contributed by atoms with van der Waals surface area (Å²) in [4.78, 5) is 19.0. The lowest BCUT2D eigenvalue weighted by atomic mass is 10.2. The average molecular weight is 600 g/mol. The van der Waals surface area contributed by atoms with Gasteiger partial charge in [0.2, 0.25) is 16.0 Å². The second kappa shape index (κ2) is 12.9. The van der Waals surface area contributed by atoms with E-state index in [4.69, 9.17) is 15.0 Å². The van der Waals surface area contributed by atoms with Crippen molar-refractivity contribution in [3.8, 4) is 0 Å². The molecule has 0 amide bonds. The predicted octanol–water partition coefficient (Wildman–Crippen LogP) is 3.61. The number of aromatic amines is 1. The smallest absolute Gasteiger partial charge is 0.475 e. The van der Waals surface area contributed by atoms with Crippen LogP contribution in [0.4, 0.5) is 40.7 Å². The van der Waals surface area contributed by atoms with Gasteiger partial charge in [0, 0.05) is 24.2 Å². The summed E-state index contributed by atoms with van der Waals surface area (Å²) < 4.78 is 74.0. The number of carbonyl (C=O) groups is 1. The van der Waals surface area contributed by atoms with Crippen LogP contribution >= 0.6 is 0 Å². The zero-order valence-corrected chi connectivity index (χ0v) is 22.4. The first-order valence-corrected chi connectivity index (χ1v) is 13.3. The van der Waals surface area contributed by atoms with Crippen LogP contribution in [0.3, 0.4) is 0 Å². The highest BCUT2D eigenvalue weighted by atomic mass is 32.2. The lowest BCUT2D eigenvalue weighted by Gasteiger charge is -2.23. The number of fused-ring (bicyclic) bond motifs is 1. The van der Waals surface area contributed by atoms with Gasteiger partial charge in [-0.1, -0.05) is 12.1 Å². The first-order chi connectivity index (χ1) is 19.3. The molecule has 0 fully saturated rings. The zero-order chi connectivity index (χ0) is 30.4. The van der Waals surface area contributed by atoms with Gasteiger partial charge in [-0.15, -0.1) is 0 Å². The van der Waals surface area contributed by atoms with E-state index < -0.39 is 28.0 Å². The average Bonchev–Trinajstić information content (AvgIpc) is 3.40. The Bertz CT molecular complexity index is 1630. The standard InChI is InChI=1S/C22H24FN7O3S.C2HF3O2/c1-3-30(19-6-4-5-18-16(19)12-25-29-18)21-17(23)13-24-22(28-21)27-15-8-7-14(2)20(11-15)34(32,33)26-9-10-31;3-2(4,5)1(6)7/h4-8,11-13,26,31H,3,9-10H2,1-2H3,(H,25,29)(H,24,27,28);(H,6,7). The number of aliphatic carboxylic acids is 1. The van der Waals surface area contributed by atoms with Gasteiger partial charge in [-0.3, -0.25) is 5.10 Å². The predicted molar refractivity (Wildman–Crippen MR) is 141 cm³/mol. The van der Waals surface area contributed by atoms with Crippen LogP contribution in [-0.2, 0) is 14.8 Å². The Hall–Kier alpha value is -4.35. The summed E-state index contributed by atoms with van der Waals surface area (Å²) in [6.07, 6.45) is -2.35. The van der Waals surface area contributed by atoms with Crippen LogP contribution in [0.15, 0.2) is 53.7 Å². The molecule has 0 bridgehead atoms. The van der Waals surface area contributed by atoms with E-state index in [1.54, 1.807) is 30.2 Å². The lowest BCUT2D eigenvalue weighted by molar-refractivity contribution is -0.192. The molecule has 0 unspecified atom stereocenters. The molecule has 5 N–H and O–H groups in total. The van der Waals surface area contributed by atoms with Gasteiger partial charge in [0.15, 0.2) is 11.6 Å². The molecule has 0 atom stereocenters. The number of hydrogen-bond acceptors (Lipinski definition) is 9. The molecule has 4 aromatic rings. The van der Waals surface area contributed by atoms with Crippen LogP contribution < -0.4 is 14.9 Å². The molecule has 17 heteroatoms. The number of nitrogens with zero attached hydrogens (tertiary/aromatic N) is 4. The number of hydrogen-bond donors (Lipinski definition) is 5. The fraction of sp³-hybridized carbons (Fsp3) is 0.250. The number of halogens is 4. The topological polar surface area (TPSA) is 173 Å².